The molecule has 0 saturated carbocycles. The average Bonchev–Trinajstić information content (AvgIpc) is 2.28. The molecular formula is C14H12F2. The van der Waals surface area contributed by atoms with Crippen LogP contribution in [0.15, 0.2) is 48.5 Å². The van der Waals surface area contributed by atoms with E-state index in [0.717, 1.165) is 11.1 Å². The summed E-state index contributed by atoms with van der Waals surface area (Å²) < 4.78 is 26.1. The van der Waals surface area contributed by atoms with Gasteiger partial charge in [0.1, 0.15) is 11.6 Å². The van der Waals surface area contributed by atoms with Gasteiger partial charge in [-0.3, -0.25) is 0 Å². The first kappa shape index (κ1) is 10.8. The predicted molar refractivity (Wildman–Crippen MR) is 60.3 cm³/mol. The van der Waals surface area contributed by atoms with Gasteiger partial charge in [0.05, 0.1) is 0 Å². The Balaban J connectivity index is 2.35. The van der Waals surface area contributed by atoms with Crippen molar-refractivity contribution >= 4 is 0 Å². The van der Waals surface area contributed by atoms with Crippen LogP contribution >= 0.6 is 0 Å². The van der Waals surface area contributed by atoms with E-state index in [1.54, 1.807) is 12.1 Å². The third kappa shape index (κ3) is 2.27. The normalized spacial score (nSPS) is 10.8. The second-order valence-electron chi connectivity index (χ2n) is 3.83. The Morgan fingerprint density at radius 2 is 1.25 bits per heavy atom. The van der Waals surface area contributed by atoms with Crippen molar-refractivity contribution in [2.75, 3.05) is 0 Å². The van der Waals surface area contributed by atoms with Gasteiger partial charge in [0, 0.05) is 5.92 Å². The summed E-state index contributed by atoms with van der Waals surface area (Å²) in [4.78, 5) is 0. The maximum atomic E-state index is 13.0. The van der Waals surface area contributed by atoms with Gasteiger partial charge in [-0.15, -0.1) is 0 Å². The molecule has 0 fully saturated rings. The van der Waals surface area contributed by atoms with Crippen molar-refractivity contribution in [2.24, 2.45) is 0 Å². The van der Waals surface area contributed by atoms with Gasteiger partial charge in [0.15, 0.2) is 0 Å². The molecule has 0 atom stereocenters. The van der Waals surface area contributed by atoms with Gasteiger partial charge in [0.25, 0.3) is 0 Å². The van der Waals surface area contributed by atoms with E-state index in [2.05, 4.69) is 0 Å². The molecule has 82 valence electrons. The van der Waals surface area contributed by atoms with Gasteiger partial charge in [-0.25, -0.2) is 8.78 Å². The van der Waals surface area contributed by atoms with Crippen molar-refractivity contribution in [1.29, 1.82) is 0 Å². The molecule has 0 N–H and O–H groups in total. The fourth-order valence-corrected chi connectivity index (χ4v) is 1.74. The Hall–Kier alpha value is -1.70. The SMILES string of the molecule is CC(c1cccc(F)c1)c1cccc(F)c1. The van der Waals surface area contributed by atoms with Crippen molar-refractivity contribution in [1.82, 2.24) is 0 Å². The highest BCUT2D eigenvalue weighted by atomic mass is 19.1. The first-order valence-electron chi connectivity index (χ1n) is 5.18. The van der Waals surface area contributed by atoms with Crippen LogP contribution < -0.4 is 0 Å². The number of hydrogen-bond acceptors (Lipinski definition) is 0. The molecule has 16 heavy (non-hydrogen) atoms. The Bertz CT molecular complexity index is 446. The van der Waals surface area contributed by atoms with Crippen LogP contribution in [0.3, 0.4) is 0 Å². The van der Waals surface area contributed by atoms with Gasteiger partial charge in [0.2, 0.25) is 0 Å². The smallest absolute Gasteiger partial charge is 0.123 e. The first-order chi connectivity index (χ1) is 7.66. The van der Waals surface area contributed by atoms with Crippen LogP contribution in [0.4, 0.5) is 8.78 Å². The number of hydrogen-bond donors (Lipinski definition) is 0. The lowest BCUT2D eigenvalue weighted by Gasteiger charge is -2.12. The molecule has 0 heterocycles. The molecule has 0 saturated heterocycles. The zero-order valence-corrected chi connectivity index (χ0v) is 8.95. The fourth-order valence-electron chi connectivity index (χ4n) is 1.74. The van der Waals surface area contributed by atoms with Crippen LogP contribution in [0.5, 0.6) is 0 Å². The van der Waals surface area contributed by atoms with Gasteiger partial charge in [-0.05, 0) is 35.4 Å². The zero-order valence-electron chi connectivity index (χ0n) is 8.95. The van der Waals surface area contributed by atoms with Crippen molar-refractivity contribution in [3.05, 3.63) is 71.3 Å². The minimum absolute atomic E-state index is 0.00796. The lowest BCUT2D eigenvalue weighted by atomic mass is 9.93. The third-order valence-electron chi connectivity index (χ3n) is 2.70. The van der Waals surface area contributed by atoms with E-state index >= 15 is 0 Å². The van der Waals surface area contributed by atoms with E-state index in [1.807, 2.05) is 19.1 Å². The van der Waals surface area contributed by atoms with Crippen molar-refractivity contribution in [3.63, 3.8) is 0 Å². The maximum absolute atomic E-state index is 13.0. The molecule has 0 unspecified atom stereocenters. The van der Waals surface area contributed by atoms with E-state index in [0.29, 0.717) is 0 Å². The molecule has 2 heteroatoms. The average molecular weight is 218 g/mol. The van der Waals surface area contributed by atoms with Crippen LogP contribution in [0, 0.1) is 11.6 Å². The molecule has 2 aromatic rings. The quantitative estimate of drug-likeness (QED) is 0.711. The molecule has 0 aromatic heterocycles. The maximum Gasteiger partial charge on any atom is 0.123 e. The van der Waals surface area contributed by atoms with Crippen LogP contribution in [0.25, 0.3) is 0 Å². The Morgan fingerprint density at radius 1 is 0.812 bits per heavy atom. The highest BCUT2D eigenvalue weighted by molar-refractivity contribution is 5.32. The summed E-state index contributed by atoms with van der Waals surface area (Å²) in [6.07, 6.45) is 0. The summed E-state index contributed by atoms with van der Waals surface area (Å²) in [6, 6.07) is 12.8. The van der Waals surface area contributed by atoms with E-state index in [-0.39, 0.29) is 17.6 Å². The monoisotopic (exact) mass is 218 g/mol. The summed E-state index contributed by atoms with van der Waals surface area (Å²) in [5.41, 5.74) is 1.70. The van der Waals surface area contributed by atoms with Crippen LogP contribution in [0.1, 0.15) is 24.0 Å². The molecule has 2 aromatic carbocycles. The molecular weight excluding hydrogens is 206 g/mol. The summed E-state index contributed by atoms with van der Waals surface area (Å²) >= 11 is 0. The molecule has 0 spiro atoms. The van der Waals surface area contributed by atoms with Gasteiger partial charge in [-0.2, -0.15) is 0 Å². The fraction of sp³-hybridized carbons (Fsp3) is 0.143. The molecule has 0 aliphatic rings. The zero-order chi connectivity index (χ0) is 11.5. The Morgan fingerprint density at radius 3 is 1.62 bits per heavy atom. The van der Waals surface area contributed by atoms with Gasteiger partial charge < -0.3 is 0 Å². The molecule has 2 rings (SSSR count). The minimum Gasteiger partial charge on any atom is -0.207 e. The van der Waals surface area contributed by atoms with Crippen molar-refractivity contribution in [2.45, 2.75) is 12.8 Å². The summed E-state index contributed by atoms with van der Waals surface area (Å²) in [5.74, 6) is -0.534. The Kier molecular flexibility index (Phi) is 3.00. The van der Waals surface area contributed by atoms with Crippen LogP contribution in [0.2, 0.25) is 0 Å². The van der Waals surface area contributed by atoms with Crippen LogP contribution in [-0.2, 0) is 0 Å². The van der Waals surface area contributed by atoms with Crippen molar-refractivity contribution < 1.29 is 8.78 Å². The molecule has 0 radical (unpaired) electrons. The largest absolute Gasteiger partial charge is 0.207 e. The topological polar surface area (TPSA) is 0 Å². The van der Waals surface area contributed by atoms with Gasteiger partial charge in [-0.1, -0.05) is 31.2 Å². The summed E-state index contributed by atoms with van der Waals surface area (Å²) in [6.45, 7) is 1.93. The predicted octanol–water partition coefficient (Wildman–Crippen LogP) is 4.12. The Labute approximate surface area is 93.5 Å². The standard InChI is InChI=1S/C14H12F2/c1-10(11-4-2-6-13(15)8-11)12-5-3-7-14(16)9-12/h2-10H,1H3. The second-order valence-corrected chi connectivity index (χ2v) is 3.83. The highest BCUT2D eigenvalue weighted by Crippen LogP contribution is 2.24. The van der Waals surface area contributed by atoms with E-state index in [1.165, 1.54) is 24.3 Å². The van der Waals surface area contributed by atoms with Crippen LogP contribution in [-0.4, -0.2) is 0 Å². The first-order valence-corrected chi connectivity index (χ1v) is 5.18. The molecule has 0 nitrogen and oxygen atoms in total. The highest BCUT2D eigenvalue weighted by Gasteiger charge is 2.09. The number of halogens is 2. The lowest BCUT2D eigenvalue weighted by Crippen LogP contribution is -1.97. The van der Waals surface area contributed by atoms with Crippen molar-refractivity contribution in [3.8, 4) is 0 Å². The molecule has 0 aliphatic heterocycles. The lowest BCUT2D eigenvalue weighted by molar-refractivity contribution is 0.621. The summed E-state index contributed by atoms with van der Waals surface area (Å²) in [5, 5.41) is 0. The second kappa shape index (κ2) is 4.44. The van der Waals surface area contributed by atoms with Gasteiger partial charge >= 0.3 is 0 Å². The molecule has 0 bridgehead atoms. The molecule has 0 amide bonds. The van der Waals surface area contributed by atoms with E-state index < -0.39 is 0 Å². The minimum atomic E-state index is -0.263. The summed E-state index contributed by atoms with van der Waals surface area (Å²) in [7, 11) is 0. The van der Waals surface area contributed by atoms with E-state index in [9.17, 15) is 8.78 Å². The molecule has 0 aliphatic carbocycles. The van der Waals surface area contributed by atoms with E-state index in [4.69, 9.17) is 0 Å². The third-order valence-corrected chi connectivity index (χ3v) is 2.70. The number of benzene rings is 2. The number of rotatable bonds is 2.